The predicted molar refractivity (Wildman–Crippen MR) is 66.7 cm³/mol. The van der Waals surface area contributed by atoms with Gasteiger partial charge in [0.25, 0.3) is 5.91 Å². The lowest BCUT2D eigenvalue weighted by Gasteiger charge is -2.10. The minimum atomic E-state index is -0.364. The van der Waals surface area contributed by atoms with Gasteiger partial charge in [0, 0.05) is 25.3 Å². The number of benzene rings is 1. The van der Waals surface area contributed by atoms with Gasteiger partial charge in [0.1, 0.15) is 11.5 Å². The second-order valence-electron chi connectivity index (χ2n) is 3.50. The normalized spacial score (nSPS) is 12.1. The van der Waals surface area contributed by atoms with Crippen LogP contribution < -0.4 is 5.32 Å². The quantitative estimate of drug-likeness (QED) is 0.715. The fourth-order valence-corrected chi connectivity index (χ4v) is 1.70. The molecule has 0 fully saturated rings. The number of carbonyl (C=O) groups excluding carboxylic acids is 1. The summed E-state index contributed by atoms with van der Waals surface area (Å²) in [6, 6.07) is 3.73. The molecule has 1 atom stereocenters. The summed E-state index contributed by atoms with van der Waals surface area (Å²) in [7, 11) is 1.57. The van der Waals surface area contributed by atoms with Gasteiger partial charge in [-0.15, -0.1) is 0 Å². The first-order chi connectivity index (χ1) is 8.02. The number of phenols is 2. The standard InChI is InChI=1S/C11H14BrNO4/c1-17-6-8(12)5-13-11(16)7-2-9(14)4-10(15)3-7/h2-4,8,14-15H,5-6H2,1H3,(H,13,16). The highest BCUT2D eigenvalue weighted by Crippen LogP contribution is 2.20. The number of aromatic hydroxyl groups is 2. The summed E-state index contributed by atoms with van der Waals surface area (Å²) in [4.78, 5) is 11.7. The van der Waals surface area contributed by atoms with Crippen molar-refractivity contribution < 1.29 is 19.7 Å². The van der Waals surface area contributed by atoms with Crippen LogP contribution in [0.3, 0.4) is 0 Å². The molecular formula is C11H14BrNO4. The van der Waals surface area contributed by atoms with Crippen LogP contribution in [0.5, 0.6) is 11.5 Å². The summed E-state index contributed by atoms with van der Waals surface area (Å²) in [5.41, 5.74) is 0.208. The highest BCUT2D eigenvalue weighted by Gasteiger charge is 2.10. The third-order valence-electron chi connectivity index (χ3n) is 2.00. The molecule has 0 aliphatic rings. The molecule has 0 heterocycles. The number of amides is 1. The number of halogens is 1. The molecule has 0 aromatic heterocycles. The molecule has 5 nitrogen and oxygen atoms in total. The molecule has 1 amide bonds. The highest BCUT2D eigenvalue weighted by atomic mass is 79.9. The molecule has 1 aromatic rings. The van der Waals surface area contributed by atoms with Crippen LogP contribution in [0.25, 0.3) is 0 Å². The lowest BCUT2D eigenvalue weighted by molar-refractivity contribution is 0.0949. The van der Waals surface area contributed by atoms with E-state index in [1.54, 1.807) is 7.11 Å². The van der Waals surface area contributed by atoms with Crippen molar-refractivity contribution in [1.82, 2.24) is 5.32 Å². The van der Waals surface area contributed by atoms with Gasteiger partial charge in [-0.3, -0.25) is 4.79 Å². The zero-order valence-corrected chi connectivity index (χ0v) is 10.9. The summed E-state index contributed by atoms with van der Waals surface area (Å²) in [6.45, 7) is 0.870. The van der Waals surface area contributed by atoms with Crippen LogP contribution in [-0.2, 0) is 4.74 Å². The van der Waals surface area contributed by atoms with E-state index in [0.29, 0.717) is 13.2 Å². The number of ether oxygens (including phenoxy) is 1. The van der Waals surface area contributed by atoms with E-state index in [9.17, 15) is 15.0 Å². The molecule has 1 unspecified atom stereocenters. The molecule has 0 spiro atoms. The Morgan fingerprint density at radius 2 is 2.00 bits per heavy atom. The maximum atomic E-state index is 11.7. The van der Waals surface area contributed by atoms with Crippen molar-refractivity contribution in [3.63, 3.8) is 0 Å². The van der Waals surface area contributed by atoms with Gasteiger partial charge < -0.3 is 20.3 Å². The Labute approximate surface area is 108 Å². The van der Waals surface area contributed by atoms with E-state index in [4.69, 9.17) is 4.74 Å². The molecule has 94 valence electrons. The van der Waals surface area contributed by atoms with Crippen molar-refractivity contribution in [3.8, 4) is 11.5 Å². The van der Waals surface area contributed by atoms with Gasteiger partial charge in [-0.2, -0.15) is 0 Å². The monoisotopic (exact) mass is 303 g/mol. The van der Waals surface area contributed by atoms with Crippen LogP contribution in [0.15, 0.2) is 18.2 Å². The van der Waals surface area contributed by atoms with Crippen molar-refractivity contribution in [1.29, 1.82) is 0 Å². The molecule has 1 aromatic carbocycles. The first-order valence-corrected chi connectivity index (χ1v) is 5.88. The predicted octanol–water partition coefficient (Wildman–Crippen LogP) is 1.24. The second-order valence-corrected chi connectivity index (χ2v) is 4.80. The number of methoxy groups -OCH3 is 1. The number of nitrogens with one attached hydrogen (secondary N) is 1. The fourth-order valence-electron chi connectivity index (χ4n) is 1.27. The molecule has 0 radical (unpaired) electrons. The van der Waals surface area contributed by atoms with E-state index in [-0.39, 0.29) is 27.8 Å². The lowest BCUT2D eigenvalue weighted by Crippen LogP contribution is -2.31. The smallest absolute Gasteiger partial charge is 0.251 e. The molecule has 6 heteroatoms. The largest absolute Gasteiger partial charge is 0.508 e. The van der Waals surface area contributed by atoms with E-state index >= 15 is 0 Å². The Bertz CT molecular complexity index is 377. The highest BCUT2D eigenvalue weighted by molar-refractivity contribution is 9.09. The van der Waals surface area contributed by atoms with E-state index in [1.807, 2.05) is 0 Å². The van der Waals surface area contributed by atoms with E-state index in [0.717, 1.165) is 6.07 Å². The van der Waals surface area contributed by atoms with Gasteiger partial charge in [0.15, 0.2) is 0 Å². The Balaban J connectivity index is 2.58. The maximum Gasteiger partial charge on any atom is 0.251 e. The zero-order chi connectivity index (χ0) is 12.8. The average molecular weight is 304 g/mol. The second kappa shape index (κ2) is 6.46. The Morgan fingerprint density at radius 1 is 1.41 bits per heavy atom. The molecular weight excluding hydrogens is 290 g/mol. The van der Waals surface area contributed by atoms with Crippen LogP contribution in [0, 0.1) is 0 Å². The minimum absolute atomic E-state index is 0.0161. The molecule has 0 bridgehead atoms. The molecule has 0 aliphatic carbocycles. The van der Waals surface area contributed by atoms with E-state index in [2.05, 4.69) is 21.2 Å². The molecule has 0 aliphatic heterocycles. The topological polar surface area (TPSA) is 78.8 Å². The summed E-state index contributed by atoms with van der Waals surface area (Å²) < 4.78 is 4.90. The van der Waals surface area contributed by atoms with Crippen LogP contribution in [0.1, 0.15) is 10.4 Å². The van der Waals surface area contributed by atoms with Gasteiger partial charge in [-0.25, -0.2) is 0 Å². The van der Waals surface area contributed by atoms with Crippen LogP contribution in [-0.4, -0.2) is 41.2 Å². The number of rotatable bonds is 5. The first-order valence-electron chi connectivity index (χ1n) is 4.97. The Hall–Kier alpha value is -1.27. The van der Waals surface area contributed by atoms with Crippen molar-refractivity contribution in [2.75, 3.05) is 20.3 Å². The molecule has 17 heavy (non-hydrogen) atoms. The minimum Gasteiger partial charge on any atom is -0.508 e. The molecule has 0 saturated carbocycles. The maximum absolute atomic E-state index is 11.7. The van der Waals surface area contributed by atoms with E-state index in [1.165, 1.54) is 12.1 Å². The SMILES string of the molecule is COCC(Br)CNC(=O)c1cc(O)cc(O)c1. The number of carbonyl (C=O) groups is 1. The summed E-state index contributed by atoms with van der Waals surface area (Å²) in [6.07, 6.45) is 0. The van der Waals surface area contributed by atoms with Gasteiger partial charge in [0.05, 0.1) is 11.4 Å². The number of alkyl halides is 1. The molecule has 0 saturated heterocycles. The van der Waals surface area contributed by atoms with Crippen molar-refractivity contribution in [2.24, 2.45) is 0 Å². The number of hydrogen-bond acceptors (Lipinski definition) is 4. The Morgan fingerprint density at radius 3 is 2.53 bits per heavy atom. The summed E-state index contributed by atoms with van der Waals surface area (Å²) >= 11 is 3.33. The lowest BCUT2D eigenvalue weighted by atomic mass is 10.2. The van der Waals surface area contributed by atoms with Gasteiger partial charge in [-0.05, 0) is 12.1 Å². The third-order valence-corrected chi connectivity index (χ3v) is 2.58. The van der Waals surface area contributed by atoms with Crippen molar-refractivity contribution in [3.05, 3.63) is 23.8 Å². The summed E-state index contributed by atoms with van der Waals surface area (Å²) in [5, 5.41) is 21.1. The Kier molecular flexibility index (Phi) is 5.24. The van der Waals surface area contributed by atoms with Crippen LogP contribution in [0.2, 0.25) is 0 Å². The van der Waals surface area contributed by atoms with Gasteiger partial charge in [-0.1, -0.05) is 15.9 Å². The first kappa shape index (κ1) is 13.8. The van der Waals surface area contributed by atoms with Crippen LogP contribution >= 0.6 is 15.9 Å². The van der Waals surface area contributed by atoms with Crippen molar-refractivity contribution in [2.45, 2.75) is 4.83 Å². The van der Waals surface area contributed by atoms with Gasteiger partial charge >= 0.3 is 0 Å². The average Bonchev–Trinajstić information content (AvgIpc) is 2.25. The zero-order valence-electron chi connectivity index (χ0n) is 9.31. The third kappa shape index (κ3) is 4.62. The van der Waals surface area contributed by atoms with Crippen LogP contribution in [0.4, 0.5) is 0 Å². The molecule has 3 N–H and O–H groups in total. The number of phenolic OH excluding ortho intramolecular Hbond substituents is 2. The van der Waals surface area contributed by atoms with Gasteiger partial charge in [0.2, 0.25) is 0 Å². The number of hydrogen-bond donors (Lipinski definition) is 3. The van der Waals surface area contributed by atoms with Crippen molar-refractivity contribution >= 4 is 21.8 Å². The van der Waals surface area contributed by atoms with E-state index < -0.39 is 0 Å². The summed E-state index contributed by atoms with van der Waals surface area (Å²) in [5.74, 6) is -0.665. The molecule has 1 rings (SSSR count). The fraction of sp³-hybridized carbons (Fsp3) is 0.364.